The van der Waals surface area contributed by atoms with Gasteiger partial charge in [-0.15, -0.1) is 11.3 Å². The Hall–Kier alpha value is -0.870. The van der Waals surface area contributed by atoms with E-state index in [1.165, 1.54) is 9.75 Å². The number of hydrogen-bond acceptors (Lipinski definition) is 3. The van der Waals surface area contributed by atoms with Crippen molar-refractivity contribution in [1.29, 1.82) is 0 Å². The van der Waals surface area contributed by atoms with E-state index in [0.717, 1.165) is 6.42 Å². The van der Waals surface area contributed by atoms with Crippen molar-refractivity contribution < 1.29 is 9.90 Å². The van der Waals surface area contributed by atoms with E-state index in [-0.39, 0.29) is 23.3 Å². The predicted octanol–water partition coefficient (Wildman–Crippen LogP) is 3.07. The molecule has 1 amide bonds. The molecule has 2 N–H and O–H groups in total. The summed E-state index contributed by atoms with van der Waals surface area (Å²) in [5.74, 6) is 0.740. The second-order valence-electron chi connectivity index (χ2n) is 6.83. The van der Waals surface area contributed by atoms with Crippen LogP contribution in [0.15, 0.2) is 12.1 Å². The van der Waals surface area contributed by atoms with Crippen LogP contribution >= 0.6 is 11.3 Å². The van der Waals surface area contributed by atoms with E-state index < -0.39 is 0 Å². The first-order chi connectivity index (χ1) is 9.28. The summed E-state index contributed by atoms with van der Waals surface area (Å²) in [6.45, 7) is 8.67. The summed E-state index contributed by atoms with van der Waals surface area (Å²) in [4.78, 5) is 14.8. The van der Waals surface area contributed by atoms with Crippen molar-refractivity contribution in [3.05, 3.63) is 21.9 Å². The molecule has 1 aliphatic rings. The normalized spacial score (nSPS) is 23.4. The van der Waals surface area contributed by atoms with Crippen LogP contribution in [0.3, 0.4) is 0 Å². The zero-order valence-corrected chi connectivity index (χ0v) is 13.6. The van der Waals surface area contributed by atoms with E-state index >= 15 is 0 Å². The number of aliphatic hydroxyl groups is 1. The van der Waals surface area contributed by atoms with E-state index in [1.54, 1.807) is 18.3 Å². The van der Waals surface area contributed by atoms with Gasteiger partial charge in [0.1, 0.15) is 0 Å². The molecule has 0 spiro atoms. The van der Waals surface area contributed by atoms with Crippen LogP contribution in [-0.4, -0.2) is 23.7 Å². The van der Waals surface area contributed by atoms with Gasteiger partial charge in [0.15, 0.2) is 0 Å². The Labute approximate surface area is 125 Å². The molecule has 112 valence electrons. The number of rotatable bonds is 6. The molecule has 20 heavy (non-hydrogen) atoms. The molecule has 1 aliphatic carbocycles. The molecule has 0 aliphatic heterocycles. The van der Waals surface area contributed by atoms with Gasteiger partial charge in [0.05, 0.1) is 6.10 Å². The highest BCUT2D eigenvalue weighted by Crippen LogP contribution is 2.49. The van der Waals surface area contributed by atoms with Crippen molar-refractivity contribution in [3.63, 3.8) is 0 Å². The minimum atomic E-state index is -0.329. The SMILES string of the molecule is Cc1ccc(C2CC2C(=O)NCC(C)(C)CC(C)O)s1. The first-order valence-electron chi connectivity index (χ1n) is 7.30. The van der Waals surface area contributed by atoms with Crippen molar-refractivity contribution in [1.82, 2.24) is 5.32 Å². The van der Waals surface area contributed by atoms with Gasteiger partial charge in [-0.25, -0.2) is 0 Å². The number of thiophene rings is 1. The van der Waals surface area contributed by atoms with Gasteiger partial charge in [-0.3, -0.25) is 4.79 Å². The molecule has 1 saturated carbocycles. The van der Waals surface area contributed by atoms with Crippen LogP contribution in [0.1, 0.15) is 49.3 Å². The summed E-state index contributed by atoms with van der Waals surface area (Å²) in [5.41, 5.74) is -0.0618. The molecule has 2 rings (SSSR count). The Kier molecular flexibility index (Phi) is 4.55. The topological polar surface area (TPSA) is 49.3 Å². The molecule has 0 radical (unpaired) electrons. The molecule has 0 aromatic carbocycles. The minimum Gasteiger partial charge on any atom is -0.393 e. The lowest BCUT2D eigenvalue weighted by molar-refractivity contribution is -0.122. The van der Waals surface area contributed by atoms with Gasteiger partial charge in [0.2, 0.25) is 5.91 Å². The zero-order valence-electron chi connectivity index (χ0n) is 12.8. The van der Waals surface area contributed by atoms with Crippen molar-refractivity contribution in [2.45, 2.75) is 52.6 Å². The highest BCUT2D eigenvalue weighted by atomic mass is 32.1. The quantitative estimate of drug-likeness (QED) is 0.847. The van der Waals surface area contributed by atoms with Crippen LogP contribution in [0.25, 0.3) is 0 Å². The van der Waals surface area contributed by atoms with Crippen molar-refractivity contribution in [3.8, 4) is 0 Å². The van der Waals surface area contributed by atoms with Crippen LogP contribution < -0.4 is 5.32 Å². The molecule has 3 nitrogen and oxygen atoms in total. The first kappa shape index (κ1) is 15.5. The number of carbonyl (C=O) groups excluding carboxylic acids is 1. The molecular weight excluding hydrogens is 270 g/mol. The average Bonchev–Trinajstić information content (AvgIpc) is 3.01. The van der Waals surface area contributed by atoms with Crippen molar-refractivity contribution in [2.24, 2.45) is 11.3 Å². The van der Waals surface area contributed by atoms with E-state index in [2.05, 4.69) is 38.2 Å². The maximum atomic E-state index is 12.2. The summed E-state index contributed by atoms with van der Waals surface area (Å²) >= 11 is 1.80. The number of nitrogens with one attached hydrogen (secondary N) is 1. The standard InChI is InChI=1S/C16H25NO2S/c1-10(18)8-16(3,4)9-17-15(19)13-7-12(13)14-6-5-11(2)20-14/h5-6,10,12-13,18H,7-9H2,1-4H3,(H,17,19). The van der Waals surface area contributed by atoms with Crippen LogP contribution in [0.5, 0.6) is 0 Å². The lowest BCUT2D eigenvalue weighted by Crippen LogP contribution is -2.36. The van der Waals surface area contributed by atoms with Gasteiger partial charge in [-0.05, 0) is 44.2 Å². The third-order valence-corrected chi connectivity index (χ3v) is 4.98. The lowest BCUT2D eigenvalue weighted by atomic mass is 9.87. The first-order valence-corrected chi connectivity index (χ1v) is 8.12. The Morgan fingerprint density at radius 1 is 1.55 bits per heavy atom. The number of carbonyl (C=O) groups is 1. The number of amides is 1. The van der Waals surface area contributed by atoms with E-state index in [0.29, 0.717) is 18.9 Å². The third kappa shape index (κ3) is 4.06. The number of hydrogen-bond donors (Lipinski definition) is 2. The maximum absolute atomic E-state index is 12.2. The smallest absolute Gasteiger partial charge is 0.223 e. The molecule has 1 heterocycles. The van der Waals surface area contributed by atoms with Gasteiger partial charge in [0.25, 0.3) is 0 Å². The van der Waals surface area contributed by atoms with Gasteiger partial charge < -0.3 is 10.4 Å². The Balaban J connectivity index is 1.80. The van der Waals surface area contributed by atoms with Crippen LogP contribution in [0, 0.1) is 18.3 Å². The number of aliphatic hydroxyl groups excluding tert-OH is 1. The van der Waals surface area contributed by atoms with Gasteiger partial charge in [-0.2, -0.15) is 0 Å². The fourth-order valence-electron chi connectivity index (χ4n) is 2.78. The largest absolute Gasteiger partial charge is 0.393 e. The zero-order chi connectivity index (χ0) is 14.9. The third-order valence-electron chi connectivity index (χ3n) is 3.84. The second kappa shape index (κ2) is 5.86. The lowest BCUT2D eigenvalue weighted by Gasteiger charge is -2.26. The predicted molar refractivity (Wildman–Crippen MR) is 83.0 cm³/mol. The summed E-state index contributed by atoms with van der Waals surface area (Å²) in [5, 5.41) is 12.5. The highest BCUT2D eigenvalue weighted by molar-refractivity contribution is 7.12. The van der Waals surface area contributed by atoms with Gasteiger partial charge >= 0.3 is 0 Å². The number of aryl methyl sites for hydroxylation is 1. The average molecular weight is 295 g/mol. The molecule has 4 heteroatoms. The molecule has 1 aromatic rings. The Morgan fingerprint density at radius 3 is 2.80 bits per heavy atom. The van der Waals surface area contributed by atoms with E-state index in [9.17, 15) is 9.90 Å². The van der Waals surface area contributed by atoms with E-state index in [4.69, 9.17) is 0 Å². The molecule has 0 saturated heterocycles. The summed E-state index contributed by atoms with van der Waals surface area (Å²) in [6.07, 6.45) is 1.35. The minimum absolute atomic E-state index is 0.0618. The Bertz CT molecular complexity index is 479. The molecule has 1 fully saturated rings. The van der Waals surface area contributed by atoms with Crippen LogP contribution in [0.2, 0.25) is 0 Å². The summed E-state index contributed by atoms with van der Waals surface area (Å²) < 4.78 is 0. The fraction of sp³-hybridized carbons (Fsp3) is 0.688. The van der Waals surface area contributed by atoms with Crippen LogP contribution in [0.4, 0.5) is 0 Å². The second-order valence-corrected chi connectivity index (χ2v) is 8.15. The van der Waals surface area contributed by atoms with Crippen LogP contribution in [-0.2, 0) is 4.79 Å². The molecule has 3 atom stereocenters. The fourth-order valence-corrected chi connectivity index (χ4v) is 3.84. The Morgan fingerprint density at radius 2 is 2.25 bits per heavy atom. The highest BCUT2D eigenvalue weighted by Gasteiger charge is 2.44. The van der Waals surface area contributed by atoms with Crippen molar-refractivity contribution in [2.75, 3.05) is 6.54 Å². The maximum Gasteiger partial charge on any atom is 0.223 e. The van der Waals surface area contributed by atoms with Gasteiger partial charge in [0, 0.05) is 28.1 Å². The molecule has 1 aromatic heterocycles. The summed E-state index contributed by atoms with van der Waals surface area (Å²) in [7, 11) is 0. The monoisotopic (exact) mass is 295 g/mol. The van der Waals surface area contributed by atoms with E-state index in [1.807, 2.05) is 0 Å². The summed E-state index contributed by atoms with van der Waals surface area (Å²) in [6, 6.07) is 4.27. The molecular formula is C16H25NO2S. The molecule has 0 bridgehead atoms. The van der Waals surface area contributed by atoms with Crippen molar-refractivity contribution >= 4 is 17.2 Å². The molecule has 3 unspecified atom stereocenters. The van der Waals surface area contributed by atoms with Gasteiger partial charge in [-0.1, -0.05) is 13.8 Å².